The Balaban J connectivity index is 1.68. The van der Waals surface area contributed by atoms with Crippen LogP contribution in [0.2, 0.25) is 0 Å². The van der Waals surface area contributed by atoms with Crippen molar-refractivity contribution in [2.45, 2.75) is 44.2 Å². The van der Waals surface area contributed by atoms with Crippen LogP contribution in [0.5, 0.6) is 0 Å². The lowest BCUT2D eigenvalue weighted by atomic mass is 9.92. The van der Waals surface area contributed by atoms with Crippen LogP contribution in [0.25, 0.3) is 11.5 Å². The third-order valence-corrected chi connectivity index (χ3v) is 8.22. The fourth-order valence-corrected chi connectivity index (χ4v) is 6.14. The molecule has 1 saturated heterocycles. The van der Waals surface area contributed by atoms with E-state index >= 15 is 0 Å². The highest BCUT2D eigenvalue weighted by atomic mass is 32.2. The standard InChI is InChI=1S/C21H30N4O4S2/c1-5-25(6-2)31(27,28)18-9-7-8-17(11-18)20-22-23-21(29-20)30-14-19(26)24-12-15(3)10-16(4)13-24/h7-9,11,15-16H,5-6,10,12-14H2,1-4H3. The maximum atomic E-state index is 12.8. The van der Waals surface area contributed by atoms with Gasteiger partial charge < -0.3 is 9.32 Å². The van der Waals surface area contributed by atoms with E-state index in [4.69, 9.17) is 4.42 Å². The third kappa shape index (κ3) is 5.67. The number of carbonyl (C=O) groups is 1. The fraction of sp³-hybridized carbons (Fsp3) is 0.571. The Hall–Kier alpha value is -1.91. The van der Waals surface area contributed by atoms with Gasteiger partial charge in [0.25, 0.3) is 5.22 Å². The second-order valence-electron chi connectivity index (χ2n) is 8.02. The number of piperidine rings is 1. The Labute approximate surface area is 188 Å². The number of nitrogens with zero attached hydrogens (tertiary/aromatic N) is 4. The van der Waals surface area contributed by atoms with Crippen molar-refractivity contribution in [3.63, 3.8) is 0 Å². The summed E-state index contributed by atoms with van der Waals surface area (Å²) in [5.41, 5.74) is 0.526. The summed E-state index contributed by atoms with van der Waals surface area (Å²) in [7, 11) is -3.58. The summed E-state index contributed by atoms with van der Waals surface area (Å²) in [4.78, 5) is 14.7. The molecule has 2 atom stereocenters. The van der Waals surface area contributed by atoms with Gasteiger partial charge in [0, 0.05) is 31.7 Å². The van der Waals surface area contributed by atoms with E-state index in [1.54, 1.807) is 32.0 Å². The van der Waals surface area contributed by atoms with Crippen LogP contribution in [0.15, 0.2) is 38.8 Å². The minimum absolute atomic E-state index is 0.0652. The Kier molecular flexibility index (Phi) is 7.77. The van der Waals surface area contributed by atoms with Gasteiger partial charge in [-0.25, -0.2) is 8.42 Å². The molecule has 2 aromatic rings. The predicted molar refractivity (Wildman–Crippen MR) is 120 cm³/mol. The van der Waals surface area contributed by atoms with E-state index in [0.29, 0.717) is 35.7 Å². The highest BCUT2D eigenvalue weighted by Gasteiger charge is 2.26. The van der Waals surface area contributed by atoms with Gasteiger partial charge in [0.1, 0.15) is 0 Å². The molecule has 3 rings (SSSR count). The number of hydrogen-bond acceptors (Lipinski definition) is 7. The van der Waals surface area contributed by atoms with Crippen LogP contribution in [0.1, 0.15) is 34.1 Å². The zero-order chi connectivity index (χ0) is 22.6. The molecule has 1 aromatic carbocycles. The van der Waals surface area contributed by atoms with Gasteiger partial charge in [-0.3, -0.25) is 4.79 Å². The first-order valence-corrected chi connectivity index (χ1v) is 13.0. The first-order valence-electron chi connectivity index (χ1n) is 10.6. The van der Waals surface area contributed by atoms with Crippen LogP contribution in [-0.4, -0.2) is 65.7 Å². The second kappa shape index (κ2) is 10.1. The Morgan fingerprint density at radius 2 is 1.87 bits per heavy atom. The molecule has 1 fully saturated rings. The summed E-state index contributed by atoms with van der Waals surface area (Å²) >= 11 is 1.20. The highest BCUT2D eigenvalue weighted by molar-refractivity contribution is 7.99. The van der Waals surface area contributed by atoms with Crippen molar-refractivity contribution in [1.82, 2.24) is 19.4 Å². The molecule has 8 nitrogen and oxygen atoms in total. The van der Waals surface area contributed by atoms with Gasteiger partial charge in [-0.1, -0.05) is 45.5 Å². The lowest BCUT2D eigenvalue weighted by Crippen LogP contribution is -2.43. The molecule has 0 N–H and O–H groups in total. The lowest BCUT2D eigenvalue weighted by molar-refractivity contribution is -0.130. The van der Waals surface area contributed by atoms with E-state index in [1.807, 2.05) is 4.90 Å². The summed E-state index contributed by atoms with van der Waals surface area (Å²) in [5.74, 6) is 1.54. The average molecular weight is 467 g/mol. The van der Waals surface area contributed by atoms with Crippen LogP contribution < -0.4 is 0 Å². The van der Waals surface area contributed by atoms with Crippen LogP contribution in [0, 0.1) is 11.8 Å². The number of likely N-dealkylation sites (tertiary alicyclic amines) is 1. The molecule has 1 aliphatic heterocycles. The van der Waals surface area contributed by atoms with E-state index in [0.717, 1.165) is 19.5 Å². The van der Waals surface area contributed by atoms with Gasteiger partial charge in [-0.2, -0.15) is 4.31 Å². The van der Waals surface area contributed by atoms with Gasteiger partial charge >= 0.3 is 0 Å². The molecule has 1 aromatic heterocycles. The van der Waals surface area contributed by atoms with E-state index in [-0.39, 0.29) is 22.4 Å². The number of sulfonamides is 1. The summed E-state index contributed by atoms with van der Waals surface area (Å²) in [5, 5.41) is 8.34. The molecular weight excluding hydrogens is 436 g/mol. The van der Waals surface area contributed by atoms with Crippen molar-refractivity contribution in [2.75, 3.05) is 31.9 Å². The van der Waals surface area contributed by atoms with E-state index in [9.17, 15) is 13.2 Å². The highest BCUT2D eigenvalue weighted by Crippen LogP contribution is 2.27. The summed E-state index contributed by atoms with van der Waals surface area (Å²) in [6.45, 7) is 10.3. The molecule has 170 valence electrons. The molecule has 0 saturated carbocycles. The summed E-state index contributed by atoms with van der Waals surface area (Å²) in [6.07, 6.45) is 1.15. The third-order valence-electron chi connectivity index (χ3n) is 5.37. The average Bonchev–Trinajstić information content (AvgIpc) is 3.21. The molecule has 0 radical (unpaired) electrons. The van der Waals surface area contributed by atoms with Crippen molar-refractivity contribution in [3.8, 4) is 11.5 Å². The maximum absolute atomic E-state index is 12.8. The van der Waals surface area contributed by atoms with Crippen molar-refractivity contribution >= 4 is 27.7 Å². The molecular formula is C21H30N4O4S2. The predicted octanol–water partition coefficient (Wildman–Crippen LogP) is 3.36. The van der Waals surface area contributed by atoms with Gasteiger partial charge in [0.15, 0.2) is 0 Å². The van der Waals surface area contributed by atoms with Crippen molar-refractivity contribution < 1.29 is 17.6 Å². The van der Waals surface area contributed by atoms with E-state index in [1.165, 1.54) is 22.1 Å². The smallest absolute Gasteiger partial charge is 0.277 e. The molecule has 0 aliphatic carbocycles. The van der Waals surface area contributed by atoms with Gasteiger partial charge in [0.2, 0.25) is 21.8 Å². The quantitative estimate of drug-likeness (QED) is 0.550. The van der Waals surface area contributed by atoms with Crippen molar-refractivity contribution in [1.29, 1.82) is 0 Å². The number of rotatable bonds is 8. The monoisotopic (exact) mass is 466 g/mol. The van der Waals surface area contributed by atoms with Crippen LogP contribution >= 0.6 is 11.8 Å². The number of aromatic nitrogens is 2. The van der Waals surface area contributed by atoms with Crippen LogP contribution in [-0.2, 0) is 14.8 Å². The van der Waals surface area contributed by atoms with Gasteiger partial charge in [0.05, 0.1) is 10.6 Å². The summed E-state index contributed by atoms with van der Waals surface area (Å²) in [6, 6.07) is 6.48. The van der Waals surface area contributed by atoms with Crippen molar-refractivity contribution in [3.05, 3.63) is 24.3 Å². The largest absolute Gasteiger partial charge is 0.411 e. The molecule has 2 heterocycles. The molecule has 0 bridgehead atoms. The molecule has 10 heteroatoms. The number of thioether (sulfide) groups is 1. The zero-order valence-corrected chi connectivity index (χ0v) is 20.1. The minimum atomic E-state index is -3.58. The minimum Gasteiger partial charge on any atom is -0.411 e. The van der Waals surface area contributed by atoms with Gasteiger partial charge in [-0.15, -0.1) is 10.2 Å². The van der Waals surface area contributed by atoms with Crippen LogP contribution in [0.3, 0.4) is 0 Å². The van der Waals surface area contributed by atoms with E-state index in [2.05, 4.69) is 24.0 Å². The fourth-order valence-electron chi connectivity index (χ4n) is 3.97. The first-order chi connectivity index (χ1) is 14.7. The topological polar surface area (TPSA) is 96.6 Å². The Morgan fingerprint density at radius 3 is 2.52 bits per heavy atom. The SMILES string of the molecule is CCN(CC)S(=O)(=O)c1cccc(-c2nnc(SCC(=O)N3CC(C)CC(C)C3)o2)c1. The molecule has 2 unspecified atom stereocenters. The lowest BCUT2D eigenvalue weighted by Gasteiger charge is -2.34. The Morgan fingerprint density at radius 1 is 1.19 bits per heavy atom. The Bertz CT molecular complexity index is 994. The molecule has 31 heavy (non-hydrogen) atoms. The molecule has 0 spiro atoms. The van der Waals surface area contributed by atoms with Crippen molar-refractivity contribution in [2.24, 2.45) is 11.8 Å². The van der Waals surface area contributed by atoms with E-state index < -0.39 is 10.0 Å². The number of carbonyl (C=O) groups excluding carboxylic acids is 1. The molecule has 1 amide bonds. The molecule has 1 aliphatic rings. The number of benzene rings is 1. The first kappa shape index (κ1) is 23.7. The second-order valence-corrected chi connectivity index (χ2v) is 10.9. The van der Waals surface area contributed by atoms with Crippen LogP contribution in [0.4, 0.5) is 0 Å². The summed E-state index contributed by atoms with van der Waals surface area (Å²) < 4.78 is 32.6. The zero-order valence-electron chi connectivity index (χ0n) is 18.4. The normalized spacial score (nSPS) is 19.7. The van der Waals surface area contributed by atoms with Gasteiger partial charge in [-0.05, 0) is 36.5 Å². The number of hydrogen-bond donors (Lipinski definition) is 0. The maximum Gasteiger partial charge on any atom is 0.277 e. The number of amides is 1.